The summed E-state index contributed by atoms with van der Waals surface area (Å²) in [6.45, 7) is 6.72. The van der Waals surface area contributed by atoms with Crippen LogP contribution in [0.5, 0.6) is 0 Å². The van der Waals surface area contributed by atoms with Crippen LogP contribution in [0.25, 0.3) is 0 Å². The third-order valence-corrected chi connectivity index (χ3v) is 12.9. The standard InChI is InChI=1S/C41H47F2N13O6/c1-50-13-18-55(41(50)62)25-3-2-11-54(22-25)40-47-36(34(35(44)58)48-49-40)45-28-6-7-29(33(43)32(28)42)52-16-14-51(15-17-52)20-23-10-12-53(21-23)24-4-5-26-27(19-24)39(61)56(38(26)60)30-8-9-31(57)46-37(30)59/h4-7,19,23,25,30H,2-3,8-18,20-22H2,1H3,(H2,44,58)(H,45,47,49)(H,46,57,59)/t23?,25-,30?/m1/s1. The third kappa shape index (κ3) is 7.57. The number of fused-ring (bicyclic) bond motifs is 1. The smallest absolute Gasteiger partial charge is 0.320 e. The van der Waals surface area contributed by atoms with Crippen molar-refractivity contribution >= 4 is 64.4 Å². The molecule has 1 aromatic heterocycles. The van der Waals surface area contributed by atoms with Crippen LogP contribution in [0.3, 0.4) is 0 Å². The molecule has 6 aliphatic heterocycles. The van der Waals surface area contributed by atoms with Crippen LogP contribution in [0.4, 0.5) is 42.4 Å². The first-order valence-electron chi connectivity index (χ1n) is 21.0. The van der Waals surface area contributed by atoms with E-state index in [1.165, 1.54) is 12.1 Å². The van der Waals surface area contributed by atoms with E-state index < -0.39 is 47.2 Å². The van der Waals surface area contributed by atoms with Gasteiger partial charge in [0.1, 0.15) is 6.04 Å². The highest BCUT2D eigenvalue weighted by molar-refractivity contribution is 6.23. The van der Waals surface area contributed by atoms with Gasteiger partial charge in [0.05, 0.1) is 28.5 Å². The number of piperidine rings is 2. The van der Waals surface area contributed by atoms with E-state index in [9.17, 15) is 28.8 Å². The minimum absolute atomic E-state index is 0.0407. The normalized spacial score (nSPS) is 23.5. The molecule has 0 aliphatic carbocycles. The highest BCUT2D eigenvalue weighted by atomic mass is 19.2. The second-order valence-corrected chi connectivity index (χ2v) is 16.8. The Kier molecular flexibility index (Phi) is 10.8. The highest BCUT2D eigenvalue weighted by Crippen LogP contribution is 2.34. The molecule has 21 heteroatoms. The van der Waals surface area contributed by atoms with Gasteiger partial charge in [0.15, 0.2) is 23.1 Å². The number of halogens is 2. The molecular weight excluding hydrogens is 809 g/mol. The second-order valence-electron chi connectivity index (χ2n) is 16.8. The Morgan fingerprint density at radius 3 is 2.37 bits per heavy atom. The number of benzene rings is 2. The summed E-state index contributed by atoms with van der Waals surface area (Å²) >= 11 is 0. The number of nitrogens with one attached hydrogen (secondary N) is 2. The lowest BCUT2D eigenvalue weighted by Crippen LogP contribution is -2.54. The largest absolute Gasteiger partial charge is 0.371 e. The summed E-state index contributed by atoms with van der Waals surface area (Å²) in [7, 11) is 1.76. The quantitative estimate of drug-likeness (QED) is 0.246. The van der Waals surface area contributed by atoms with E-state index >= 15 is 8.78 Å². The van der Waals surface area contributed by atoms with Crippen LogP contribution in [0.2, 0.25) is 0 Å². The van der Waals surface area contributed by atoms with E-state index in [4.69, 9.17) is 5.73 Å². The topological polar surface area (TPSA) is 214 Å². The van der Waals surface area contributed by atoms with Gasteiger partial charge in [-0.1, -0.05) is 0 Å². The molecule has 2 aromatic carbocycles. The minimum atomic E-state index is -1.15. The van der Waals surface area contributed by atoms with E-state index in [1.54, 1.807) is 29.0 Å². The number of piperazine rings is 1. The summed E-state index contributed by atoms with van der Waals surface area (Å²) in [5, 5.41) is 13.1. The molecule has 3 aromatic rings. The molecule has 0 bridgehead atoms. The number of imide groups is 2. The Bertz CT molecular complexity index is 2360. The highest BCUT2D eigenvalue weighted by Gasteiger charge is 2.45. The number of aromatic nitrogens is 3. The number of nitrogens with zero attached hydrogens (tertiary/aromatic N) is 10. The molecule has 4 N–H and O–H groups in total. The molecule has 0 saturated carbocycles. The molecule has 6 aliphatic rings. The van der Waals surface area contributed by atoms with E-state index in [0.29, 0.717) is 58.3 Å². The van der Waals surface area contributed by atoms with Gasteiger partial charge >= 0.3 is 6.03 Å². The lowest BCUT2D eigenvalue weighted by molar-refractivity contribution is -0.136. The monoisotopic (exact) mass is 855 g/mol. The maximum absolute atomic E-state index is 15.8. The van der Waals surface area contributed by atoms with Crippen molar-refractivity contribution in [2.24, 2.45) is 11.7 Å². The van der Waals surface area contributed by atoms with E-state index in [0.717, 1.165) is 49.5 Å². The van der Waals surface area contributed by atoms with Crippen molar-refractivity contribution in [1.29, 1.82) is 0 Å². The average molecular weight is 856 g/mol. The molecular formula is C41H47F2N13O6. The predicted molar refractivity (Wildman–Crippen MR) is 220 cm³/mol. The van der Waals surface area contributed by atoms with Crippen molar-refractivity contribution in [2.75, 3.05) is 99.1 Å². The number of rotatable bonds is 10. The number of carbonyl (C=O) groups is 6. The van der Waals surface area contributed by atoms with Crippen molar-refractivity contribution in [3.8, 4) is 0 Å². The molecule has 62 heavy (non-hydrogen) atoms. The number of anilines is 5. The molecule has 19 nitrogen and oxygen atoms in total. The first-order chi connectivity index (χ1) is 29.8. The Hall–Kier alpha value is -6.51. The maximum Gasteiger partial charge on any atom is 0.320 e. The van der Waals surface area contributed by atoms with E-state index in [2.05, 4.69) is 35.6 Å². The Labute approximate surface area is 355 Å². The van der Waals surface area contributed by atoms with Crippen LogP contribution in [0.1, 0.15) is 63.3 Å². The van der Waals surface area contributed by atoms with Crippen molar-refractivity contribution in [3.05, 3.63) is 58.8 Å². The number of amides is 7. The molecule has 326 valence electrons. The van der Waals surface area contributed by atoms with Gasteiger partial charge in [0, 0.05) is 91.1 Å². The first kappa shape index (κ1) is 40.9. The molecule has 3 atom stereocenters. The third-order valence-electron chi connectivity index (χ3n) is 12.9. The van der Waals surface area contributed by atoms with Gasteiger partial charge in [-0.25, -0.2) is 13.6 Å². The van der Waals surface area contributed by atoms with Gasteiger partial charge < -0.3 is 35.6 Å². The number of primary amides is 1. The van der Waals surface area contributed by atoms with Gasteiger partial charge in [-0.05, 0) is 61.9 Å². The summed E-state index contributed by atoms with van der Waals surface area (Å²) in [6, 6.07) is 6.89. The summed E-state index contributed by atoms with van der Waals surface area (Å²) in [5.74, 6) is -4.99. The zero-order valence-corrected chi connectivity index (χ0v) is 34.2. The van der Waals surface area contributed by atoms with Gasteiger partial charge in [0.2, 0.25) is 17.8 Å². The lowest BCUT2D eigenvalue weighted by atomic mass is 10.0. The van der Waals surface area contributed by atoms with Crippen LogP contribution < -0.4 is 31.1 Å². The van der Waals surface area contributed by atoms with Crippen LogP contribution in [0.15, 0.2) is 30.3 Å². The fourth-order valence-electron chi connectivity index (χ4n) is 9.52. The van der Waals surface area contributed by atoms with Gasteiger partial charge in [0.25, 0.3) is 17.7 Å². The molecule has 2 unspecified atom stereocenters. The van der Waals surface area contributed by atoms with Crippen molar-refractivity contribution < 1.29 is 37.5 Å². The average Bonchev–Trinajstić information content (AvgIpc) is 3.94. The molecule has 5 saturated heterocycles. The zero-order valence-electron chi connectivity index (χ0n) is 34.2. The Morgan fingerprint density at radius 2 is 1.63 bits per heavy atom. The minimum Gasteiger partial charge on any atom is -0.371 e. The fourth-order valence-corrected chi connectivity index (χ4v) is 9.52. The maximum atomic E-state index is 15.8. The number of hydrogen-bond acceptors (Lipinski definition) is 14. The van der Waals surface area contributed by atoms with Gasteiger partial charge in [-0.3, -0.25) is 39.1 Å². The number of carbonyl (C=O) groups excluding carboxylic acids is 6. The first-order valence-corrected chi connectivity index (χ1v) is 21.0. The van der Waals surface area contributed by atoms with Crippen LogP contribution in [-0.4, -0.2) is 161 Å². The molecule has 9 rings (SSSR count). The number of hydrogen-bond donors (Lipinski definition) is 3. The van der Waals surface area contributed by atoms with Crippen molar-refractivity contribution in [1.82, 2.24) is 40.1 Å². The number of nitrogens with two attached hydrogens (primary N) is 1. The zero-order chi connectivity index (χ0) is 43.4. The summed E-state index contributed by atoms with van der Waals surface area (Å²) in [6.07, 6.45) is 2.62. The van der Waals surface area contributed by atoms with Crippen LogP contribution in [0, 0.1) is 17.6 Å². The van der Waals surface area contributed by atoms with Crippen molar-refractivity contribution in [2.45, 2.75) is 44.2 Å². The molecule has 0 spiro atoms. The molecule has 0 radical (unpaired) electrons. The summed E-state index contributed by atoms with van der Waals surface area (Å²) in [4.78, 5) is 92.7. The Balaban J connectivity index is 0.801. The van der Waals surface area contributed by atoms with Crippen LogP contribution in [-0.2, 0) is 9.59 Å². The Morgan fingerprint density at radius 1 is 0.839 bits per heavy atom. The number of urea groups is 1. The van der Waals surface area contributed by atoms with E-state index in [1.807, 2.05) is 15.9 Å². The van der Waals surface area contributed by atoms with Gasteiger partial charge in [-0.15, -0.1) is 10.2 Å². The predicted octanol–water partition coefficient (Wildman–Crippen LogP) is 1.38. The second kappa shape index (κ2) is 16.4. The molecule has 7 amide bonds. The lowest BCUT2D eigenvalue weighted by Gasteiger charge is -2.37. The SMILES string of the molecule is CN1CCN([C@@H]2CCCN(c3nnc(C(N)=O)c(Nc4ccc(N5CCN(CC6CCN(c7ccc8c(c7)C(=O)N(C7CCC(=O)NC7=O)C8=O)C6)CC5)c(F)c4F)n3)C2)C1=O. The van der Waals surface area contributed by atoms with E-state index in [-0.39, 0.29) is 64.9 Å². The summed E-state index contributed by atoms with van der Waals surface area (Å²) in [5.41, 5.74) is 6.38. The molecule has 5 fully saturated rings. The van der Waals surface area contributed by atoms with Crippen molar-refractivity contribution in [3.63, 3.8) is 0 Å². The number of likely N-dealkylation sites (N-methyl/N-ethyl adjacent to an activating group) is 1. The van der Waals surface area contributed by atoms with Crippen LogP contribution >= 0.6 is 0 Å². The summed E-state index contributed by atoms with van der Waals surface area (Å²) < 4.78 is 31.6. The molecule has 7 heterocycles. The fraction of sp³-hybridized carbons (Fsp3) is 0.488. The van der Waals surface area contributed by atoms with Gasteiger partial charge in [-0.2, -0.15) is 4.98 Å².